The molecule has 0 spiro atoms. The van der Waals surface area contributed by atoms with E-state index in [1.165, 1.54) is 12.1 Å². The lowest BCUT2D eigenvalue weighted by Gasteiger charge is -2.15. The highest BCUT2D eigenvalue weighted by Crippen LogP contribution is 2.28. The fourth-order valence-corrected chi connectivity index (χ4v) is 2.20. The maximum atomic E-state index is 13.5. The monoisotopic (exact) mass is 341 g/mol. The molecule has 106 valence electrons. The van der Waals surface area contributed by atoms with Crippen molar-refractivity contribution in [3.63, 3.8) is 0 Å². The van der Waals surface area contributed by atoms with Crippen molar-refractivity contribution < 1.29 is 13.5 Å². The number of hydrogen-bond acceptors (Lipinski definition) is 2. The minimum Gasteiger partial charge on any atom is -0.488 e. The zero-order chi connectivity index (χ0) is 14.7. The van der Waals surface area contributed by atoms with E-state index < -0.39 is 11.6 Å². The zero-order valence-electron chi connectivity index (χ0n) is 10.9. The van der Waals surface area contributed by atoms with Crippen LogP contribution < -0.4 is 10.5 Å². The molecule has 2 aromatic rings. The number of hydrogen-bond donors (Lipinski definition) is 1. The number of nitrogens with two attached hydrogens (primary N) is 1. The van der Waals surface area contributed by atoms with Gasteiger partial charge in [0.2, 0.25) is 0 Å². The summed E-state index contributed by atoms with van der Waals surface area (Å²) in [5, 5.41) is 0. The Hall–Kier alpha value is -1.46. The van der Waals surface area contributed by atoms with E-state index in [1.807, 2.05) is 19.1 Å². The highest BCUT2D eigenvalue weighted by Gasteiger charge is 2.12. The maximum Gasteiger partial charge on any atom is 0.165 e. The Bertz CT molecular complexity index is 617. The summed E-state index contributed by atoms with van der Waals surface area (Å²) in [4.78, 5) is 0. The molecule has 0 amide bonds. The molecule has 0 aromatic heterocycles. The van der Waals surface area contributed by atoms with Crippen LogP contribution in [0.25, 0.3) is 0 Å². The van der Waals surface area contributed by atoms with Crippen LogP contribution in [0.15, 0.2) is 40.9 Å². The third-order valence-corrected chi connectivity index (χ3v) is 3.37. The van der Waals surface area contributed by atoms with E-state index >= 15 is 0 Å². The van der Waals surface area contributed by atoms with Crippen molar-refractivity contribution in [1.82, 2.24) is 0 Å². The first-order valence-corrected chi connectivity index (χ1v) is 6.89. The first-order chi connectivity index (χ1) is 9.49. The number of rotatable bonds is 4. The summed E-state index contributed by atoms with van der Waals surface area (Å²) in [6, 6.07) is 9.20. The summed E-state index contributed by atoms with van der Waals surface area (Å²) in [6.07, 6.45) is 0. The molecule has 20 heavy (non-hydrogen) atoms. The van der Waals surface area contributed by atoms with Gasteiger partial charge in [-0.15, -0.1) is 0 Å². The lowest BCUT2D eigenvalue weighted by molar-refractivity contribution is 0.293. The molecule has 2 rings (SSSR count). The van der Waals surface area contributed by atoms with Crippen LogP contribution in [0, 0.1) is 11.6 Å². The molecule has 5 heteroatoms. The second kappa shape index (κ2) is 6.33. The van der Waals surface area contributed by atoms with Crippen molar-refractivity contribution in [3.8, 4) is 5.75 Å². The van der Waals surface area contributed by atoms with Crippen molar-refractivity contribution in [2.45, 2.75) is 19.6 Å². The molecular formula is C15H14BrF2NO. The van der Waals surface area contributed by atoms with Crippen LogP contribution in [-0.2, 0) is 6.61 Å². The lowest BCUT2D eigenvalue weighted by atomic mass is 10.1. The standard InChI is InChI=1S/C15H14BrF2NO/c1-9(19)12-7-11(16)5-6-14(12)20-8-10-3-2-4-13(17)15(10)18/h2-7,9H,8,19H2,1H3/t9-/m0/s1. The van der Waals surface area contributed by atoms with Gasteiger partial charge in [0.05, 0.1) is 0 Å². The Labute approximate surface area is 124 Å². The summed E-state index contributed by atoms with van der Waals surface area (Å²) in [6.45, 7) is 1.78. The average Bonchev–Trinajstić information content (AvgIpc) is 2.41. The molecule has 0 aliphatic heterocycles. The fraction of sp³-hybridized carbons (Fsp3) is 0.200. The molecule has 1 atom stereocenters. The fourth-order valence-electron chi connectivity index (χ4n) is 1.82. The van der Waals surface area contributed by atoms with Crippen LogP contribution in [0.5, 0.6) is 5.75 Å². The van der Waals surface area contributed by atoms with Gasteiger partial charge in [-0.05, 0) is 31.2 Å². The summed E-state index contributed by atoms with van der Waals surface area (Å²) < 4.78 is 33.1. The van der Waals surface area contributed by atoms with Gasteiger partial charge in [-0.2, -0.15) is 0 Å². The van der Waals surface area contributed by atoms with Gasteiger partial charge < -0.3 is 10.5 Å². The van der Waals surface area contributed by atoms with Gasteiger partial charge in [0.25, 0.3) is 0 Å². The Morgan fingerprint density at radius 2 is 2.00 bits per heavy atom. The van der Waals surface area contributed by atoms with Gasteiger partial charge in [-0.25, -0.2) is 8.78 Å². The molecule has 0 radical (unpaired) electrons. The van der Waals surface area contributed by atoms with Gasteiger partial charge >= 0.3 is 0 Å². The molecule has 2 nitrogen and oxygen atoms in total. The van der Waals surface area contributed by atoms with E-state index in [-0.39, 0.29) is 18.2 Å². The summed E-state index contributed by atoms with van der Waals surface area (Å²) in [7, 11) is 0. The average molecular weight is 342 g/mol. The molecule has 0 heterocycles. The van der Waals surface area contributed by atoms with E-state index in [2.05, 4.69) is 15.9 Å². The lowest BCUT2D eigenvalue weighted by Crippen LogP contribution is -2.09. The molecule has 2 aromatic carbocycles. The number of ether oxygens (including phenoxy) is 1. The summed E-state index contributed by atoms with van der Waals surface area (Å²) in [5.41, 5.74) is 6.84. The molecule has 0 fully saturated rings. The molecule has 0 saturated heterocycles. The minimum atomic E-state index is -0.882. The molecule has 0 aliphatic rings. The molecule has 0 unspecified atom stereocenters. The van der Waals surface area contributed by atoms with Gasteiger partial charge in [0.1, 0.15) is 12.4 Å². The van der Waals surface area contributed by atoms with Gasteiger partial charge in [-0.3, -0.25) is 0 Å². The van der Waals surface area contributed by atoms with Crippen molar-refractivity contribution >= 4 is 15.9 Å². The summed E-state index contributed by atoms with van der Waals surface area (Å²) >= 11 is 3.36. The van der Waals surface area contributed by atoms with Crippen molar-refractivity contribution in [3.05, 3.63) is 63.6 Å². The van der Waals surface area contributed by atoms with Crippen molar-refractivity contribution in [2.75, 3.05) is 0 Å². The second-order valence-corrected chi connectivity index (χ2v) is 5.39. The minimum absolute atomic E-state index is 0.0506. The maximum absolute atomic E-state index is 13.5. The third-order valence-electron chi connectivity index (χ3n) is 2.88. The van der Waals surface area contributed by atoms with Crippen LogP contribution in [0.2, 0.25) is 0 Å². The predicted octanol–water partition coefficient (Wildman–Crippen LogP) is 4.33. The van der Waals surface area contributed by atoms with E-state index in [1.54, 1.807) is 6.07 Å². The summed E-state index contributed by atoms with van der Waals surface area (Å²) in [5.74, 6) is -1.20. The first-order valence-electron chi connectivity index (χ1n) is 6.09. The van der Waals surface area contributed by atoms with Gasteiger partial charge in [0, 0.05) is 21.6 Å². The predicted molar refractivity (Wildman–Crippen MR) is 77.4 cm³/mol. The Balaban J connectivity index is 2.21. The Kier molecular flexibility index (Phi) is 4.73. The normalized spacial score (nSPS) is 12.2. The third kappa shape index (κ3) is 3.35. The quantitative estimate of drug-likeness (QED) is 0.898. The van der Waals surface area contributed by atoms with E-state index in [0.717, 1.165) is 16.1 Å². The van der Waals surface area contributed by atoms with E-state index in [4.69, 9.17) is 10.5 Å². The van der Waals surface area contributed by atoms with E-state index in [0.29, 0.717) is 5.75 Å². The number of benzene rings is 2. The van der Waals surface area contributed by atoms with Crippen LogP contribution >= 0.6 is 15.9 Å². The van der Waals surface area contributed by atoms with Gasteiger partial charge in [-0.1, -0.05) is 28.1 Å². The first kappa shape index (κ1) is 14.9. The Morgan fingerprint density at radius 1 is 1.25 bits per heavy atom. The van der Waals surface area contributed by atoms with Crippen molar-refractivity contribution in [1.29, 1.82) is 0 Å². The molecular weight excluding hydrogens is 328 g/mol. The van der Waals surface area contributed by atoms with Crippen LogP contribution in [0.1, 0.15) is 24.1 Å². The molecule has 0 aliphatic carbocycles. The van der Waals surface area contributed by atoms with E-state index in [9.17, 15) is 8.78 Å². The van der Waals surface area contributed by atoms with Crippen LogP contribution in [0.3, 0.4) is 0 Å². The van der Waals surface area contributed by atoms with Crippen LogP contribution in [0.4, 0.5) is 8.78 Å². The van der Waals surface area contributed by atoms with Crippen molar-refractivity contribution in [2.24, 2.45) is 5.73 Å². The zero-order valence-corrected chi connectivity index (χ0v) is 12.5. The Morgan fingerprint density at radius 3 is 2.70 bits per heavy atom. The van der Waals surface area contributed by atoms with Crippen LogP contribution in [-0.4, -0.2) is 0 Å². The topological polar surface area (TPSA) is 35.2 Å². The number of halogens is 3. The highest BCUT2D eigenvalue weighted by molar-refractivity contribution is 9.10. The SMILES string of the molecule is C[C@H](N)c1cc(Br)ccc1OCc1cccc(F)c1F. The molecule has 2 N–H and O–H groups in total. The molecule has 0 saturated carbocycles. The smallest absolute Gasteiger partial charge is 0.165 e. The molecule has 0 bridgehead atoms. The second-order valence-electron chi connectivity index (χ2n) is 4.47. The highest BCUT2D eigenvalue weighted by atomic mass is 79.9. The largest absolute Gasteiger partial charge is 0.488 e. The van der Waals surface area contributed by atoms with Gasteiger partial charge in [0.15, 0.2) is 11.6 Å².